The maximum atomic E-state index is 12.3. The molecule has 2 rings (SSSR count). The summed E-state index contributed by atoms with van der Waals surface area (Å²) in [4.78, 5) is 24.4. The topological polar surface area (TPSA) is 53.2 Å². The smallest absolute Gasteiger partial charge is 0.355 e. The van der Waals surface area contributed by atoms with Gasteiger partial charge in [-0.15, -0.1) is 6.58 Å². The van der Waals surface area contributed by atoms with Gasteiger partial charge in [-0.3, -0.25) is 4.79 Å². The van der Waals surface area contributed by atoms with Gasteiger partial charge in [-0.2, -0.15) is 0 Å². The molecule has 0 bridgehead atoms. The molecule has 122 valence electrons. The molecule has 0 aliphatic rings. The first kappa shape index (κ1) is 16.8. The Labute approximate surface area is 136 Å². The zero-order valence-corrected chi connectivity index (χ0v) is 14.0. The third kappa shape index (κ3) is 3.28. The van der Waals surface area contributed by atoms with Crippen molar-refractivity contribution in [1.82, 2.24) is 9.13 Å². The third-order valence-corrected chi connectivity index (χ3v) is 4.10. The molecular formula is C18H22N2O3. The van der Waals surface area contributed by atoms with E-state index in [2.05, 4.69) is 6.58 Å². The van der Waals surface area contributed by atoms with Crippen molar-refractivity contribution in [2.24, 2.45) is 7.05 Å². The van der Waals surface area contributed by atoms with Crippen LogP contribution in [0.2, 0.25) is 0 Å². The van der Waals surface area contributed by atoms with E-state index in [0.29, 0.717) is 17.8 Å². The zero-order valence-electron chi connectivity index (χ0n) is 14.0. The van der Waals surface area contributed by atoms with Gasteiger partial charge in [0, 0.05) is 36.2 Å². The minimum absolute atomic E-state index is 0.201. The number of allylic oxidation sites excluding steroid dienone is 1. The van der Waals surface area contributed by atoms with Crippen molar-refractivity contribution in [2.45, 2.75) is 27.3 Å². The van der Waals surface area contributed by atoms with Crippen molar-refractivity contribution in [2.75, 3.05) is 6.61 Å². The highest BCUT2D eigenvalue weighted by Gasteiger charge is 2.18. The lowest BCUT2D eigenvalue weighted by Gasteiger charge is -2.07. The molecule has 0 aliphatic heterocycles. The first-order valence-corrected chi connectivity index (χ1v) is 7.47. The normalized spacial score (nSPS) is 10.6. The summed E-state index contributed by atoms with van der Waals surface area (Å²) < 4.78 is 8.91. The van der Waals surface area contributed by atoms with E-state index in [9.17, 15) is 9.59 Å². The molecule has 2 aromatic heterocycles. The Morgan fingerprint density at radius 3 is 2.48 bits per heavy atom. The number of nitrogens with zero attached hydrogens (tertiary/aromatic N) is 2. The number of esters is 1. The number of carbonyl (C=O) groups is 2. The van der Waals surface area contributed by atoms with Crippen molar-refractivity contribution in [1.29, 1.82) is 0 Å². The standard InChI is InChI=1S/C18H22N2O3/c1-6-9-20-13(3)10-15(14(20)4)17(21)11-23-18(22)16-8-7-12(2)19(16)5/h6-8,10H,1,9,11H2,2-5H3. The molecule has 0 fully saturated rings. The van der Waals surface area contributed by atoms with Crippen LogP contribution in [0.15, 0.2) is 30.9 Å². The average Bonchev–Trinajstić information content (AvgIpc) is 2.99. The fraction of sp³-hybridized carbons (Fsp3) is 0.333. The van der Waals surface area contributed by atoms with Crippen LogP contribution in [-0.4, -0.2) is 27.5 Å². The highest BCUT2D eigenvalue weighted by Crippen LogP contribution is 2.16. The zero-order chi connectivity index (χ0) is 17.1. The van der Waals surface area contributed by atoms with Crippen molar-refractivity contribution >= 4 is 11.8 Å². The quantitative estimate of drug-likeness (QED) is 0.468. The third-order valence-electron chi connectivity index (χ3n) is 4.10. The Morgan fingerprint density at radius 2 is 1.91 bits per heavy atom. The summed E-state index contributed by atoms with van der Waals surface area (Å²) in [6.07, 6.45) is 1.78. The molecule has 23 heavy (non-hydrogen) atoms. The first-order valence-electron chi connectivity index (χ1n) is 7.47. The lowest BCUT2D eigenvalue weighted by atomic mass is 10.1. The van der Waals surface area contributed by atoms with Crippen LogP contribution in [0.3, 0.4) is 0 Å². The van der Waals surface area contributed by atoms with E-state index in [1.54, 1.807) is 23.8 Å². The Hall–Kier alpha value is -2.56. The lowest BCUT2D eigenvalue weighted by molar-refractivity contribution is 0.0465. The summed E-state index contributed by atoms with van der Waals surface area (Å²) in [6.45, 7) is 9.82. The lowest BCUT2D eigenvalue weighted by Crippen LogP contribution is -2.17. The number of aryl methyl sites for hydroxylation is 2. The van der Waals surface area contributed by atoms with Gasteiger partial charge >= 0.3 is 5.97 Å². The van der Waals surface area contributed by atoms with Crippen LogP contribution < -0.4 is 0 Å². The highest BCUT2D eigenvalue weighted by atomic mass is 16.5. The average molecular weight is 314 g/mol. The summed E-state index contributed by atoms with van der Waals surface area (Å²) in [7, 11) is 1.79. The fourth-order valence-corrected chi connectivity index (χ4v) is 2.59. The van der Waals surface area contributed by atoms with Gasteiger partial charge in [-0.05, 0) is 39.0 Å². The van der Waals surface area contributed by atoms with Gasteiger partial charge in [-0.1, -0.05) is 6.08 Å². The number of carbonyl (C=O) groups excluding carboxylic acids is 2. The van der Waals surface area contributed by atoms with Crippen LogP contribution in [0.25, 0.3) is 0 Å². The molecule has 2 aromatic rings. The summed E-state index contributed by atoms with van der Waals surface area (Å²) in [6, 6.07) is 5.35. The van der Waals surface area contributed by atoms with Gasteiger partial charge in [0.25, 0.3) is 0 Å². The molecule has 5 heteroatoms. The van der Waals surface area contributed by atoms with Crippen LogP contribution >= 0.6 is 0 Å². The van der Waals surface area contributed by atoms with Crippen LogP contribution in [0.4, 0.5) is 0 Å². The molecule has 0 unspecified atom stereocenters. The molecule has 0 saturated heterocycles. The molecule has 0 atom stereocenters. The fourth-order valence-electron chi connectivity index (χ4n) is 2.59. The molecule has 0 radical (unpaired) electrons. The van der Waals surface area contributed by atoms with Crippen LogP contribution in [0.5, 0.6) is 0 Å². The van der Waals surface area contributed by atoms with Crippen LogP contribution in [-0.2, 0) is 18.3 Å². The van der Waals surface area contributed by atoms with E-state index in [0.717, 1.165) is 17.1 Å². The van der Waals surface area contributed by atoms with E-state index in [4.69, 9.17) is 4.74 Å². The minimum Gasteiger partial charge on any atom is -0.453 e. The van der Waals surface area contributed by atoms with E-state index >= 15 is 0 Å². The second-order valence-electron chi connectivity index (χ2n) is 5.60. The van der Waals surface area contributed by atoms with Gasteiger partial charge in [0.1, 0.15) is 5.69 Å². The van der Waals surface area contributed by atoms with Crippen LogP contribution in [0.1, 0.15) is 37.9 Å². The van der Waals surface area contributed by atoms with Crippen molar-refractivity contribution in [3.8, 4) is 0 Å². The number of ketones is 1. The Morgan fingerprint density at radius 1 is 1.22 bits per heavy atom. The van der Waals surface area contributed by atoms with Gasteiger partial charge < -0.3 is 13.9 Å². The van der Waals surface area contributed by atoms with E-state index in [1.807, 2.05) is 37.5 Å². The van der Waals surface area contributed by atoms with Gasteiger partial charge in [0.05, 0.1) is 0 Å². The second kappa shape index (κ2) is 6.69. The van der Waals surface area contributed by atoms with E-state index in [-0.39, 0.29) is 12.4 Å². The molecular weight excluding hydrogens is 292 g/mol. The molecule has 0 saturated carbocycles. The number of ether oxygens (including phenoxy) is 1. The minimum atomic E-state index is -0.492. The number of Topliss-reactive ketones (excluding diaryl/α,β-unsaturated/α-hetero) is 1. The molecule has 0 aromatic carbocycles. The van der Waals surface area contributed by atoms with Gasteiger partial charge in [-0.25, -0.2) is 4.79 Å². The molecule has 0 amide bonds. The first-order chi connectivity index (χ1) is 10.9. The highest BCUT2D eigenvalue weighted by molar-refractivity contribution is 6.00. The number of aromatic nitrogens is 2. The largest absolute Gasteiger partial charge is 0.453 e. The van der Waals surface area contributed by atoms with Crippen molar-refractivity contribution < 1.29 is 14.3 Å². The number of rotatable bonds is 6. The Kier molecular flexibility index (Phi) is 4.89. The predicted molar refractivity (Wildman–Crippen MR) is 88.9 cm³/mol. The maximum Gasteiger partial charge on any atom is 0.355 e. The summed E-state index contributed by atoms with van der Waals surface area (Å²) in [5.41, 5.74) is 3.82. The molecule has 2 heterocycles. The monoisotopic (exact) mass is 314 g/mol. The summed E-state index contributed by atoms with van der Waals surface area (Å²) >= 11 is 0. The Balaban J connectivity index is 2.08. The van der Waals surface area contributed by atoms with Gasteiger partial charge in [0.15, 0.2) is 6.61 Å². The second-order valence-corrected chi connectivity index (χ2v) is 5.60. The molecule has 0 N–H and O–H groups in total. The van der Waals surface area contributed by atoms with Crippen LogP contribution in [0, 0.1) is 20.8 Å². The number of hydrogen-bond donors (Lipinski definition) is 0. The molecule has 0 aliphatic carbocycles. The molecule has 5 nitrogen and oxygen atoms in total. The van der Waals surface area contributed by atoms with Crippen molar-refractivity contribution in [3.05, 3.63) is 59.2 Å². The maximum absolute atomic E-state index is 12.3. The van der Waals surface area contributed by atoms with Gasteiger partial charge in [0.2, 0.25) is 5.78 Å². The van der Waals surface area contributed by atoms with E-state index in [1.165, 1.54) is 0 Å². The predicted octanol–water partition coefficient (Wildman–Crippen LogP) is 2.98. The van der Waals surface area contributed by atoms with E-state index < -0.39 is 5.97 Å². The van der Waals surface area contributed by atoms with Crippen molar-refractivity contribution in [3.63, 3.8) is 0 Å². The summed E-state index contributed by atoms with van der Waals surface area (Å²) in [5, 5.41) is 0. The number of hydrogen-bond acceptors (Lipinski definition) is 3. The molecule has 0 spiro atoms. The SMILES string of the molecule is C=CCn1c(C)cc(C(=O)COC(=O)c2ccc(C)n2C)c1C. The Bertz CT molecular complexity index is 766. The summed E-state index contributed by atoms with van der Waals surface area (Å²) in [5.74, 6) is -0.693.